The lowest BCUT2D eigenvalue weighted by Gasteiger charge is -2.38. The Labute approximate surface area is 381 Å². The van der Waals surface area contributed by atoms with Gasteiger partial charge < -0.3 is 23.2 Å². The minimum Gasteiger partial charge on any atom is -0.496 e. The fraction of sp³-hybridized carbons (Fsp3) is 0.471. The van der Waals surface area contributed by atoms with Crippen LogP contribution >= 0.6 is 0 Å². The zero-order chi connectivity index (χ0) is 47.9. The Morgan fingerprint density at radius 3 is 1.81 bits per heavy atom. The molecule has 0 spiro atoms. The summed E-state index contributed by atoms with van der Waals surface area (Å²) in [5.74, 6) is -0.109. The van der Waals surface area contributed by atoms with E-state index in [1.54, 1.807) is 37.5 Å². The molecule has 8 nitrogen and oxygen atoms in total. The van der Waals surface area contributed by atoms with Crippen molar-refractivity contribution in [3.63, 3.8) is 0 Å². The van der Waals surface area contributed by atoms with Crippen molar-refractivity contribution in [2.75, 3.05) is 38.3 Å². The van der Waals surface area contributed by atoms with Gasteiger partial charge in [0.1, 0.15) is 29.5 Å². The molecule has 4 rings (SSSR count). The van der Waals surface area contributed by atoms with Crippen LogP contribution in [0.15, 0.2) is 118 Å². The van der Waals surface area contributed by atoms with Gasteiger partial charge in [0.2, 0.25) is 0 Å². The van der Waals surface area contributed by atoms with Crippen LogP contribution in [0.5, 0.6) is 0 Å². The minimum absolute atomic E-state index is 0.110. The molecule has 1 aliphatic carbocycles. The Kier molecular flexibility index (Phi) is 16.1. The average molecular weight is 911 g/mol. The third kappa shape index (κ3) is 11.6. The molecule has 2 aromatic rings. The van der Waals surface area contributed by atoms with Gasteiger partial charge in [-0.3, -0.25) is 0 Å². The topological polar surface area (TPSA) is 112 Å². The summed E-state index contributed by atoms with van der Waals surface area (Å²) in [5, 5.41) is 29.6. The number of nitriles is 3. The molecule has 1 aliphatic heterocycles. The van der Waals surface area contributed by atoms with Gasteiger partial charge in [0.05, 0.1) is 20.3 Å². The Morgan fingerprint density at radius 2 is 1.34 bits per heavy atom. The van der Waals surface area contributed by atoms with Crippen molar-refractivity contribution < 1.29 is 31.5 Å². The van der Waals surface area contributed by atoms with Crippen LogP contribution < -0.4 is 4.90 Å². The van der Waals surface area contributed by atoms with E-state index in [0.717, 1.165) is 35.5 Å². The van der Waals surface area contributed by atoms with E-state index in [4.69, 9.17) is 18.3 Å². The third-order valence-electron chi connectivity index (χ3n) is 13.0. The fourth-order valence-electron chi connectivity index (χ4n) is 7.30. The molecular weight excluding hydrogens is 846 g/mol. The standard InChI is InChI=1S/C51H65F3N4O4Si2/c1-47(2,3)63(10,11)60-30-28-58(29-31-61-64(12,13)48(4,5)6)42-26-23-37(24-27-42)22-25-39-33-49(7,8)32-38(45(39)59-9)18-17-21-44-43(36-57)46(40(34-55)35-56)62-50(44,51(52,53)54)41-19-15-14-16-20-41/h14-27H,28-33H2,1-13H3/b21-17+,25-22+,38-18+. The Bertz CT molecular complexity index is 2280. The second-order valence-corrected chi connectivity index (χ2v) is 29.9. The van der Waals surface area contributed by atoms with E-state index < -0.39 is 50.9 Å². The van der Waals surface area contributed by atoms with E-state index in [2.05, 4.69) is 111 Å². The first-order chi connectivity index (χ1) is 29.7. The number of methoxy groups -OCH3 is 1. The highest BCUT2D eigenvalue weighted by Crippen LogP contribution is 2.56. The first-order valence-electron chi connectivity index (χ1n) is 21.7. The summed E-state index contributed by atoms with van der Waals surface area (Å²) in [5.41, 5.74) is -1.77. The third-order valence-corrected chi connectivity index (χ3v) is 22.0. The number of ether oxygens (including phenoxy) is 2. The highest BCUT2D eigenvalue weighted by atomic mass is 28.4. The van der Waals surface area contributed by atoms with Crippen LogP contribution in [0.4, 0.5) is 18.9 Å². The normalized spacial score (nSPS) is 19.2. The first kappa shape index (κ1) is 51.5. The Balaban J connectivity index is 1.69. The lowest BCUT2D eigenvalue weighted by molar-refractivity contribution is -0.249. The highest BCUT2D eigenvalue weighted by Gasteiger charge is 2.65. The second kappa shape index (κ2) is 20.0. The Hall–Kier alpha value is -5.11. The minimum atomic E-state index is -5.09. The maximum Gasteiger partial charge on any atom is 0.437 e. The molecule has 64 heavy (non-hydrogen) atoms. The van der Waals surface area contributed by atoms with Crippen molar-refractivity contribution in [1.82, 2.24) is 0 Å². The van der Waals surface area contributed by atoms with Crippen LogP contribution in [0, 0.1) is 39.4 Å². The van der Waals surface area contributed by atoms with E-state index in [1.807, 2.05) is 12.2 Å². The van der Waals surface area contributed by atoms with Gasteiger partial charge in [-0.25, -0.2) is 0 Å². The van der Waals surface area contributed by atoms with Gasteiger partial charge in [0.15, 0.2) is 28.0 Å². The predicted octanol–water partition coefficient (Wildman–Crippen LogP) is 13.4. The quantitative estimate of drug-likeness (QED) is 0.128. The molecule has 0 saturated heterocycles. The number of hydrogen-bond acceptors (Lipinski definition) is 8. The van der Waals surface area contributed by atoms with Crippen LogP contribution in [-0.4, -0.2) is 56.2 Å². The fourth-order valence-corrected chi connectivity index (χ4v) is 9.37. The van der Waals surface area contributed by atoms with Crippen LogP contribution in [0.1, 0.15) is 79.4 Å². The molecule has 0 radical (unpaired) electrons. The zero-order valence-corrected chi connectivity index (χ0v) is 41.9. The van der Waals surface area contributed by atoms with Crippen molar-refractivity contribution in [2.45, 2.75) is 116 Å². The summed E-state index contributed by atoms with van der Waals surface area (Å²) in [6, 6.07) is 20.3. The molecule has 0 aromatic heterocycles. The van der Waals surface area contributed by atoms with Gasteiger partial charge in [0.25, 0.3) is 5.60 Å². The van der Waals surface area contributed by atoms with E-state index in [-0.39, 0.29) is 21.1 Å². The predicted molar refractivity (Wildman–Crippen MR) is 254 cm³/mol. The average Bonchev–Trinajstić information content (AvgIpc) is 3.54. The smallest absolute Gasteiger partial charge is 0.437 e. The maximum atomic E-state index is 15.3. The molecule has 0 N–H and O–H groups in total. The highest BCUT2D eigenvalue weighted by molar-refractivity contribution is 6.74. The second-order valence-electron chi connectivity index (χ2n) is 20.2. The number of nitrogens with zero attached hydrogens (tertiary/aromatic N) is 4. The molecule has 342 valence electrons. The molecule has 0 fully saturated rings. The summed E-state index contributed by atoms with van der Waals surface area (Å²) in [7, 11) is -2.30. The molecule has 1 unspecified atom stereocenters. The summed E-state index contributed by atoms with van der Waals surface area (Å²) in [6.45, 7) is 29.5. The SMILES string of the molecule is COC1=C(/C=C/c2ccc(N(CCO[Si](C)(C)C(C)(C)C)CCO[Si](C)(C)C(C)(C)C)cc2)CC(C)(C)C/C1=C\C=C\C1=C(C#N)C(=C(C#N)C#N)OC1(c1ccccc1)C(F)(F)F. The number of allylic oxidation sites excluding steroid dienone is 7. The van der Waals surface area contributed by atoms with Crippen LogP contribution in [0.2, 0.25) is 36.3 Å². The first-order valence-corrected chi connectivity index (χ1v) is 27.5. The Morgan fingerprint density at radius 1 is 0.797 bits per heavy atom. The van der Waals surface area contributed by atoms with Crippen LogP contribution in [-0.2, 0) is 23.9 Å². The van der Waals surface area contributed by atoms with E-state index >= 15 is 13.2 Å². The molecule has 0 saturated carbocycles. The zero-order valence-electron chi connectivity index (χ0n) is 39.9. The lowest BCUT2D eigenvalue weighted by Crippen LogP contribution is -2.44. The van der Waals surface area contributed by atoms with Gasteiger partial charge in [0, 0.05) is 29.9 Å². The molecule has 13 heteroatoms. The molecule has 1 heterocycles. The number of hydrogen-bond donors (Lipinski definition) is 0. The summed E-state index contributed by atoms with van der Waals surface area (Å²) in [6.07, 6.45) is 4.52. The van der Waals surface area contributed by atoms with Crippen molar-refractivity contribution in [3.05, 3.63) is 129 Å². The van der Waals surface area contributed by atoms with Gasteiger partial charge in [-0.15, -0.1) is 0 Å². The van der Waals surface area contributed by atoms with Crippen molar-refractivity contribution in [3.8, 4) is 18.2 Å². The van der Waals surface area contributed by atoms with Crippen molar-refractivity contribution in [1.29, 1.82) is 15.8 Å². The maximum absolute atomic E-state index is 15.3. The molecule has 0 bridgehead atoms. The van der Waals surface area contributed by atoms with Gasteiger partial charge >= 0.3 is 6.18 Å². The number of alkyl halides is 3. The van der Waals surface area contributed by atoms with Crippen LogP contribution in [0.3, 0.4) is 0 Å². The molecular formula is C51H65F3N4O4Si2. The van der Waals surface area contributed by atoms with Gasteiger partial charge in [-0.2, -0.15) is 29.0 Å². The van der Waals surface area contributed by atoms with Gasteiger partial charge in [-0.05, 0) is 83.4 Å². The number of benzene rings is 2. The lowest BCUT2D eigenvalue weighted by atomic mass is 9.74. The van der Waals surface area contributed by atoms with Crippen LogP contribution in [0.25, 0.3) is 6.08 Å². The summed E-state index contributed by atoms with van der Waals surface area (Å²) in [4.78, 5) is 2.34. The monoisotopic (exact) mass is 910 g/mol. The molecule has 0 amide bonds. The molecule has 2 aromatic carbocycles. The molecule has 2 aliphatic rings. The van der Waals surface area contributed by atoms with Crippen molar-refractivity contribution in [2.24, 2.45) is 5.41 Å². The van der Waals surface area contributed by atoms with E-state index in [0.29, 0.717) is 31.8 Å². The van der Waals surface area contributed by atoms with E-state index in [9.17, 15) is 15.8 Å². The van der Waals surface area contributed by atoms with Crippen molar-refractivity contribution >= 4 is 28.4 Å². The summed E-state index contributed by atoms with van der Waals surface area (Å²) >= 11 is 0. The van der Waals surface area contributed by atoms with Gasteiger partial charge in [-0.1, -0.05) is 128 Å². The number of anilines is 1. The molecule has 1 atom stereocenters. The number of halogens is 3. The number of rotatable bonds is 15. The van der Waals surface area contributed by atoms with E-state index in [1.165, 1.54) is 36.4 Å². The largest absolute Gasteiger partial charge is 0.496 e. The summed E-state index contributed by atoms with van der Waals surface area (Å²) < 4.78 is 70.7.